The molecule has 16 heavy (non-hydrogen) atoms. The molecule has 1 aromatic rings. The van der Waals surface area contributed by atoms with Crippen molar-refractivity contribution in [2.45, 2.75) is 19.6 Å². The van der Waals surface area contributed by atoms with Crippen LogP contribution in [0.15, 0.2) is 18.2 Å². The maximum Gasteiger partial charge on any atom is 0.286 e. The number of benzene rings is 1. The Balaban J connectivity index is 3.23. The standard InChI is InChI=1S/C11H12ClNO2Si/c1-16(2,3)7-6-9-4-5-10(12)8-11(9)13(14)15/h4-5,8H,1-3H3. The highest BCUT2D eigenvalue weighted by molar-refractivity contribution is 6.83. The van der Waals surface area contributed by atoms with Gasteiger partial charge in [-0.3, -0.25) is 10.1 Å². The molecule has 0 saturated carbocycles. The van der Waals surface area contributed by atoms with Crippen molar-refractivity contribution >= 4 is 25.4 Å². The number of nitro groups is 1. The van der Waals surface area contributed by atoms with Gasteiger partial charge < -0.3 is 0 Å². The first kappa shape index (κ1) is 12.8. The van der Waals surface area contributed by atoms with Crippen LogP contribution in [0.3, 0.4) is 0 Å². The molecule has 0 amide bonds. The van der Waals surface area contributed by atoms with E-state index in [0.717, 1.165) is 0 Å². The van der Waals surface area contributed by atoms with E-state index in [0.29, 0.717) is 10.6 Å². The van der Waals surface area contributed by atoms with Gasteiger partial charge in [0.1, 0.15) is 13.6 Å². The highest BCUT2D eigenvalue weighted by atomic mass is 35.5. The van der Waals surface area contributed by atoms with E-state index in [1.165, 1.54) is 6.07 Å². The van der Waals surface area contributed by atoms with E-state index in [-0.39, 0.29) is 5.69 Å². The normalized spacial score (nSPS) is 10.5. The Kier molecular flexibility index (Phi) is 3.73. The molecule has 0 heterocycles. The molecule has 0 aliphatic rings. The van der Waals surface area contributed by atoms with E-state index >= 15 is 0 Å². The molecule has 0 unspecified atom stereocenters. The molecular formula is C11H12ClNO2Si. The van der Waals surface area contributed by atoms with E-state index in [4.69, 9.17) is 11.6 Å². The molecule has 0 bridgehead atoms. The van der Waals surface area contributed by atoms with Crippen molar-refractivity contribution in [3.63, 3.8) is 0 Å². The van der Waals surface area contributed by atoms with Crippen LogP contribution in [-0.4, -0.2) is 13.0 Å². The highest BCUT2D eigenvalue weighted by Gasteiger charge is 2.13. The summed E-state index contributed by atoms with van der Waals surface area (Å²) in [7, 11) is -1.53. The molecule has 0 N–H and O–H groups in total. The second-order valence-corrected chi connectivity index (χ2v) is 9.61. The average Bonchev–Trinajstić information content (AvgIpc) is 2.14. The minimum Gasteiger partial charge on any atom is -0.258 e. The fourth-order valence-electron chi connectivity index (χ4n) is 1.02. The third-order valence-electron chi connectivity index (χ3n) is 1.73. The van der Waals surface area contributed by atoms with Gasteiger partial charge in [0.15, 0.2) is 0 Å². The fraction of sp³-hybridized carbons (Fsp3) is 0.273. The molecule has 0 radical (unpaired) electrons. The van der Waals surface area contributed by atoms with Gasteiger partial charge in [0.2, 0.25) is 0 Å². The molecule has 0 aliphatic carbocycles. The second-order valence-electron chi connectivity index (χ2n) is 4.42. The van der Waals surface area contributed by atoms with Crippen LogP contribution in [0.5, 0.6) is 0 Å². The third kappa shape index (κ3) is 3.68. The van der Waals surface area contributed by atoms with Gasteiger partial charge in [-0.15, -0.1) is 5.54 Å². The zero-order valence-corrected chi connectivity index (χ0v) is 11.1. The number of rotatable bonds is 1. The van der Waals surface area contributed by atoms with Gasteiger partial charge in [0.25, 0.3) is 5.69 Å². The molecule has 0 atom stereocenters. The first-order valence-electron chi connectivity index (χ1n) is 4.77. The Labute approximate surface area is 101 Å². The molecule has 84 valence electrons. The first-order valence-corrected chi connectivity index (χ1v) is 8.64. The molecule has 0 spiro atoms. The summed E-state index contributed by atoms with van der Waals surface area (Å²) < 4.78 is 0. The van der Waals surface area contributed by atoms with Crippen molar-refractivity contribution in [2.75, 3.05) is 0 Å². The van der Waals surface area contributed by atoms with Crippen molar-refractivity contribution in [3.05, 3.63) is 38.9 Å². The van der Waals surface area contributed by atoms with Gasteiger partial charge in [0, 0.05) is 11.1 Å². The van der Waals surface area contributed by atoms with E-state index in [2.05, 4.69) is 31.1 Å². The Morgan fingerprint density at radius 2 is 2.00 bits per heavy atom. The van der Waals surface area contributed by atoms with Gasteiger partial charge in [-0.2, -0.15) is 0 Å². The van der Waals surface area contributed by atoms with Crippen molar-refractivity contribution in [1.29, 1.82) is 0 Å². The predicted octanol–water partition coefficient (Wildman–Crippen LogP) is 3.48. The lowest BCUT2D eigenvalue weighted by Crippen LogP contribution is -2.16. The summed E-state index contributed by atoms with van der Waals surface area (Å²) >= 11 is 5.71. The summed E-state index contributed by atoms with van der Waals surface area (Å²) in [6.45, 7) is 6.26. The fourth-order valence-corrected chi connectivity index (χ4v) is 1.69. The van der Waals surface area contributed by atoms with Crippen LogP contribution >= 0.6 is 11.6 Å². The summed E-state index contributed by atoms with van der Waals surface area (Å²) in [4.78, 5) is 10.3. The Morgan fingerprint density at radius 1 is 1.38 bits per heavy atom. The quantitative estimate of drug-likeness (QED) is 0.333. The van der Waals surface area contributed by atoms with E-state index in [1.807, 2.05) is 0 Å². The van der Waals surface area contributed by atoms with Crippen LogP contribution in [0.1, 0.15) is 5.56 Å². The summed E-state index contributed by atoms with van der Waals surface area (Å²) in [5.41, 5.74) is 3.49. The van der Waals surface area contributed by atoms with Crippen molar-refractivity contribution in [3.8, 4) is 11.5 Å². The number of halogens is 1. The van der Waals surface area contributed by atoms with E-state index < -0.39 is 13.0 Å². The Morgan fingerprint density at radius 3 is 2.50 bits per heavy atom. The maximum atomic E-state index is 10.8. The van der Waals surface area contributed by atoms with Crippen LogP contribution in [0, 0.1) is 21.6 Å². The minimum atomic E-state index is -1.53. The second kappa shape index (κ2) is 4.68. The zero-order chi connectivity index (χ0) is 12.3. The van der Waals surface area contributed by atoms with Gasteiger partial charge in [-0.25, -0.2) is 0 Å². The lowest BCUT2D eigenvalue weighted by atomic mass is 10.2. The summed E-state index contributed by atoms with van der Waals surface area (Å²) in [6, 6.07) is 4.53. The number of hydrogen-bond acceptors (Lipinski definition) is 2. The Hall–Kier alpha value is -1.31. The predicted molar refractivity (Wildman–Crippen MR) is 68.3 cm³/mol. The highest BCUT2D eigenvalue weighted by Crippen LogP contribution is 2.22. The zero-order valence-electron chi connectivity index (χ0n) is 9.37. The van der Waals surface area contributed by atoms with Crippen LogP contribution in [-0.2, 0) is 0 Å². The summed E-state index contributed by atoms with van der Waals surface area (Å²) in [5, 5.41) is 11.1. The summed E-state index contributed by atoms with van der Waals surface area (Å²) in [6.07, 6.45) is 0. The van der Waals surface area contributed by atoms with E-state index in [9.17, 15) is 10.1 Å². The molecule has 1 rings (SSSR count). The van der Waals surface area contributed by atoms with Crippen molar-refractivity contribution in [2.24, 2.45) is 0 Å². The van der Waals surface area contributed by atoms with Crippen LogP contribution in [0.25, 0.3) is 0 Å². The lowest BCUT2D eigenvalue weighted by Gasteiger charge is -2.03. The monoisotopic (exact) mass is 253 g/mol. The van der Waals surface area contributed by atoms with Gasteiger partial charge in [-0.05, 0) is 12.1 Å². The summed E-state index contributed by atoms with van der Waals surface area (Å²) in [5.74, 6) is 2.87. The molecule has 1 aromatic carbocycles. The Bertz CT molecular complexity index is 483. The number of hydrogen-bond donors (Lipinski definition) is 0. The van der Waals surface area contributed by atoms with Gasteiger partial charge in [0.05, 0.1) is 4.92 Å². The average molecular weight is 254 g/mol. The molecule has 0 fully saturated rings. The first-order chi connectivity index (χ1) is 7.29. The lowest BCUT2D eigenvalue weighted by molar-refractivity contribution is -0.385. The maximum absolute atomic E-state index is 10.8. The third-order valence-corrected chi connectivity index (χ3v) is 2.84. The van der Waals surface area contributed by atoms with Crippen LogP contribution in [0.2, 0.25) is 24.7 Å². The molecular weight excluding hydrogens is 242 g/mol. The van der Waals surface area contributed by atoms with Crippen molar-refractivity contribution < 1.29 is 4.92 Å². The molecule has 0 saturated heterocycles. The van der Waals surface area contributed by atoms with Gasteiger partial charge >= 0.3 is 0 Å². The number of nitrogens with zero attached hydrogens (tertiary/aromatic N) is 1. The topological polar surface area (TPSA) is 43.1 Å². The number of nitro benzene ring substituents is 1. The molecule has 3 nitrogen and oxygen atoms in total. The molecule has 0 aromatic heterocycles. The van der Waals surface area contributed by atoms with Gasteiger partial charge in [-0.1, -0.05) is 37.2 Å². The molecule has 5 heteroatoms. The SMILES string of the molecule is C[Si](C)(C)C#Cc1ccc(Cl)cc1[N+](=O)[O-]. The molecule has 0 aliphatic heterocycles. The van der Waals surface area contributed by atoms with Crippen molar-refractivity contribution in [1.82, 2.24) is 0 Å². The smallest absolute Gasteiger partial charge is 0.258 e. The van der Waals surface area contributed by atoms with Crippen LogP contribution < -0.4 is 0 Å². The van der Waals surface area contributed by atoms with E-state index in [1.54, 1.807) is 12.1 Å². The minimum absolute atomic E-state index is 0.0294. The largest absolute Gasteiger partial charge is 0.286 e. The van der Waals surface area contributed by atoms with Crippen LogP contribution in [0.4, 0.5) is 5.69 Å².